The lowest BCUT2D eigenvalue weighted by molar-refractivity contribution is -0.139. The number of hydrogen-bond acceptors (Lipinski definition) is 5. The highest BCUT2D eigenvalue weighted by Gasteiger charge is 2.20. The minimum atomic E-state index is -4.02. The van der Waals surface area contributed by atoms with Crippen molar-refractivity contribution in [3.8, 4) is 5.75 Å². The lowest BCUT2D eigenvalue weighted by Crippen LogP contribution is -2.16. The molecule has 0 saturated heterocycles. The largest absolute Gasteiger partial charge is 0.480 e. The molecule has 1 heterocycles. The van der Waals surface area contributed by atoms with Gasteiger partial charge in [-0.2, -0.15) is 0 Å². The summed E-state index contributed by atoms with van der Waals surface area (Å²) >= 11 is 0. The van der Waals surface area contributed by atoms with Crippen molar-refractivity contribution in [3.63, 3.8) is 0 Å². The maximum absolute atomic E-state index is 12.7. The first-order chi connectivity index (χ1) is 12.8. The Balaban J connectivity index is 1.95. The van der Waals surface area contributed by atoms with E-state index in [1.54, 1.807) is 31.2 Å². The number of benzene rings is 2. The quantitative estimate of drug-likeness (QED) is 0.594. The third-order valence-electron chi connectivity index (χ3n) is 3.77. The SMILES string of the molecule is Cc1cc2cc(NS(=O)(=O)c3ccccc3OCC(=O)O)ccc2[nH]c1=O. The predicted molar refractivity (Wildman–Crippen MR) is 99.7 cm³/mol. The van der Waals surface area contributed by atoms with Crippen LogP contribution in [0.5, 0.6) is 5.75 Å². The Morgan fingerprint density at radius 3 is 2.67 bits per heavy atom. The second-order valence-corrected chi connectivity index (χ2v) is 7.47. The van der Waals surface area contributed by atoms with Gasteiger partial charge in [-0.3, -0.25) is 9.52 Å². The molecule has 9 heteroatoms. The van der Waals surface area contributed by atoms with Gasteiger partial charge in [-0.25, -0.2) is 13.2 Å². The number of aliphatic carboxylic acids is 1. The number of aromatic nitrogens is 1. The van der Waals surface area contributed by atoms with E-state index >= 15 is 0 Å². The first-order valence-electron chi connectivity index (χ1n) is 7.86. The minimum absolute atomic E-state index is 0.0617. The molecule has 2 aromatic carbocycles. The van der Waals surface area contributed by atoms with E-state index in [2.05, 4.69) is 9.71 Å². The molecule has 0 saturated carbocycles. The molecule has 1 aromatic heterocycles. The van der Waals surface area contributed by atoms with Crippen LogP contribution in [-0.4, -0.2) is 31.1 Å². The van der Waals surface area contributed by atoms with Crippen LogP contribution in [0.25, 0.3) is 10.9 Å². The van der Waals surface area contributed by atoms with Crippen molar-refractivity contribution in [3.05, 3.63) is 64.4 Å². The summed E-state index contributed by atoms with van der Waals surface area (Å²) in [5.74, 6) is -1.28. The van der Waals surface area contributed by atoms with Crippen LogP contribution in [0.2, 0.25) is 0 Å². The smallest absolute Gasteiger partial charge is 0.341 e. The third-order valence-corrected chi connectivity index (χ3v) is 5.19. The van der Waals surface area contributed by atoms with E-state index in [9.17, 15) is 18.0 Å². The van der Waals surface area contributed by atoms with Crippen molar-refractivity contribution in [1.29, 1.82) is 0 Å². The Bertz CT molecular complexity index is 1180. The summed E-state index contributed by atoms with van der Waals surface area (Å²) in [7, 11) is -4.02. The van der Waals surface area contributed by atoms with Crippen LogP contribution in [0.1, 0.15) is 5.56 Å². The molecule has 27 heavy (non-hydrogen) atoms. The predicted octanol–water partition coefficient (Wildman–Crippen LogP) is 2.10. The molecule has 3 rings (SSSR count). The number of rotatable bonds is 6. The summed E-state index contributed by atoms with van der Waals surface area (Å²) in [5, 5.41) is 9.40. The number of aromatic amines is 1. The van der Waals surface area contributed by atoms with Crippen molar-refractivity contribution < 1.29 is 23.1 Å². The fourth-order valence-electron chi connectivity index (χ4n) is 2.52. The van der Waals surface area contributed by atoms with Gasteiger partial charge in [0.15, 0.2) is 6.61 Å². The number of sulfonamides is 1. The Labute approximate surface area is 154 Å². The second-order valence-electron chi connectivity index (χ2n) is 5.82. The highest BCUT2D eigenvalue weighted by atomic mass is 32.2. The van der Waals surface area contributed by atoms with Crippen LogP contribution in [0.3, 0.4) is 0 Å². The van der Waals surface area contributed by atoms with Crippen molar-refractivity contribution in [2.24, 2.45) is 0 Å². The zero-order valence-corrected chi connectivity index (χ0v) is 15.0. The van der Waals surface area contributed by atoms with Gasteiger partial charge in [-0.1, -0.05) is 12.1 Å². The lowest BCUT2D eigenvalue weighted by atomic mass is 10.1. The third kappa shape index (κ3) is 4.09. The first kappa shape index (κ1) is 18.5. The van der Waals surface area contributed by atoms with Crippen LogP contribution in [-0.2, 0) is 14.8 Å². The molecule has 3 N–H and O–H groups in total. The number of aryl methyl sites for hydroxylation is 1. The van der Waals surface area contributed by atoms with Crippen molar-refractivity contribution in [2.45, 2.75) is 11.8 Å². The summed E-state index contributed by atoms with van der Waals surface area (Å²) in [4.78, 5) is 24.9. The lowest BCUT2D eigenvalue weighted by Gasteiger charge is -2.13. The minimum Gasteiger partial charge on any atom is -0.480 e. The van der Waals surface area contributed by atoms with Crippen LogP contribution in [0, 0.1) is 6.92 Å². The van der Waals surface area contributed by atoms with Gasteiger partial charge in [0.05, 0.1) is 0 Å². The van der Waals surface area contributed by atoms with Gasteiger partial charge in [-0.15, -0.1) is 0 Å². The number of pyridine rings is 1. The van der Waals surface area contributed by atoms with Crippen LogP contribution >= 0.6 is 0 Å². The number of carboxylic acid groups (broad SMARTS) is 1. The summed E-state index contributed by atoms with van der Waals surface area (Å²) < 4.78 is 33.0. The van der Waals surface area contributed by atoms with E-state index in [0.29, 0.717) is 22.2 Å². The van der Waals surface area contributed by atoms with Crippen LogP contribution in [0.15, 0.2) is 58.2 Å². The highest BCUT2D eigenvalue weighted by molar-refractivity contribution is 7.92. The molecule has 0 bridgehead atoms. The molecule has 0 radical (unpaired) electrons. The van der Waals surface area contributed by atoms with E-state index in [1.165, 1.54) is 24.3 Å². The molecule has 0 amide bonds. The highest BCUT2D eigenvalue weighted by Crippen LogP contribution is 2.26. The fourth-order valence-corrected chi connectivity index (χ4v) is 3.72. The average Bonchev–Trinajstić information content (AvgIpc) is 2.61. The summed E-state index contributed by atoms with van der Waals surface area (Å²) in [6, 6.07) is 12.1. The summed E-state index contributed by atoms with van der Waals surface area (Å²) in [6.45, 7) is 1.00. The molecule has 8 nitrogen and oxygen atoms in total. The van der Waals surface area contributed by atoms with Crippen molar-refractivity contribution >= 4 is 32.6 Å². The Kier molecular flexibility index (Phi) is 4.87. The van der Waals surface area contributed by atoms with Crippen molar-refractivity contribution in [1.82, 2.24) is 4.98 Å². The molecule has 0 aliphatic carbocycles. The topological polar surface area (TPSA) is 126 Å². The fraction of sp³-hybridized carbons (Fsp3) is 0.111. The number of carboxylic acids is 1. The number of para-hydroxylation sites is 1. The molecule has 0 aliphatic heterocycles. The average molecular weight is 388 g/mol. The number of ether oxygens (including phenoxy) is 1. The van der Waals surface area contributed by atoms with E-state index in [-0.39, 0.29) is 16.2 Å². The zero-order valence-electron chi connectivity index (χ0n) is 14.2. The van der Waals surface area contributed by atoms with Gasteiger partial charge >= 0.3 is 5.97 Å². The number of anilines is 1. The molecule has 3 aromatic rings. The van der Waals surface area contributed by atoms with Gasteiger partial charge in [0.2, 0.25) is 0 Å². The number of nitrogens with one attached hydrogen (secondary N) is 2. The van der Waals surface area contributed by atoms with Gasteiger partial charge in [-0.05, 0) is 43.3 Å². The van der Waals surface area contributed by atoms with Gasteiger partial charge in [0.1, 0.15) is 10.6 Å². The maximum atomic E-state index is 12.7. The Hall–Kier alpha value is -3.33. The zero-order chi connectivity index (χ0) is 19.6. The van der Waals surface area contributed by atoms with E-state index in [0.717, 1.165) is 0 Å². The maximum Gasteiger partial charge on any atom is 0.341 e. The molecule has 0 unspecified atom stereocenters. The molecule has 0 fully saturated rings. The van der Waals surface area contributed by atoms with Crippen LogP contribution < -0.4 is 15.0 Å². The first-order valence-corrected chi connectivity index (χ1v) is 9.35. The number of carbonyl (C=O) groups is 1. The molecular formula is C18H16N2O6S. The normalized spacial score (nSPS) is 11.3. The summed E-state index contributed by atoms with van der Waals surface area (Å²) in [5.41, 5.74) is 1.18. The van der Waals surface area contributed by atoms with Gasteiger partial charge < -0.3 is 14.8 Å². The number of fused-ring (bicyclic) bond motifs is 1. The van der Waals surface area contributed by atoms with E-state index in [4.69, 9.17) is 9.84 Å². The molecule has 0 aliphatic rings. The Morgan fingerprint density at radius 2 is 1.93 bits per heavy atom. The molecular weight excluding hydrogens is 372 g/mol. The van der Waals surface area contributed by atoms with Gasteiger partial charge in [0.25, 0.3) is 15.6 Å². The van der Waals surface area contributed by atoms with E-state index < -0.39 is 22.6 Å². The monoisotopic (exact) mass is 388 g/mol. The summed E-state index contributed by atoms with van der Waals surface area (Å²) in [6.07, 6.45) is 0. The Morgan fingerprint density at radius 1 is 1.19 bits per heavy atom. The van der Waals surface area contributed by atoms with Crippen LogP contribution in [0.4, 0.5) is 5.69 Å². The number of H-pyrrole nitrogens is 1. The standard InChI is InChI=1S/C18H16N2O6S/c1-11-8-12-9-13(6-7-14(12)19-18(11)23)20-27(24,25)16-5-3-2-4-15(16)26-10-17(21)22/h2-9,20H,10H2,1H3,(H,19,23)(H,21,22). The molecule has 0 atom stereocenters. The van der Waals surface area contributed by atoms with Gasteiger partial charge in [0, 0.05) is 22.2 Å². The number of hydrogen-bond donors (Lipinski definition) is 3. The van der Waals surface area contributed by atoms with E-state index in [1.807, 2.05) is 0 Å². The second kappa shape index (κ2) is 7.12. The molecule has 0 spiro atoms. The molecule has 140 valence electrons. The van der Waals surface area contributed by atoms with Crippen molar-refractivity contribution in [2.75, 3.05) is 11.3 Å².